The standard InChI is InChI=1S/C10H18N4O3/c11-8-9(15)4-5-10(16)17-7-3-1-2-6-13-14-12/h1-8,11H2. The van der Waals surface area contributed by atoms with E-state index in [0.717, 1.165) is 19.3 Å². The minimum atomic E-state index is -0.373. The molecule has 0 unspecified atom stereocenters. The molecule has 0 spiro atoms. The van der Waals surface area contributed by atoms with Crippen LogP contribution in [0.15, 0.2) is 5.11 Å². The third kappa shape index (κ3) is 10.7. The number of nitrogens with two attached hydrogens (primary N) is 1. The van der Waals surface area contributed by atoms with Crippen LogP contribution < -0.4 is 5.73 Å². The number of ether oxygens (including phenoxy) is 1. The first kappa shape index (κ1) is 15.4. The molecule has 2 N–H and O–H groups in total. The second kappa shape index (κ2) is 10.9. The predicted molar refractivity (Wildman–Crippen MR) is 62.1 cm³/mol. The van der Waals surface area contributed by atoms with Crippen LogP contribution in [0.5, 0.6) is 0 Å². The van der Waals surface area contributed by atoms with E-state index >= 15 is 0 Å². The van der Waals surface area contributed by atoms with Crippen LogP contribution in [0.1, 0.15) is 32.1 Å². The molecule has 0 amide bonds. The fourth-order valence-corrected chi connectivity index (χ4v) is 1.11. The Kier molecular flexibility index (Phi) is 9.89. The van der Waals surface area contributed by atoms with Crippen LogP contribution >= 0.6 is 0 Å². The van der Waals surface area contributed by atoms with E-state index in [1.807, 2.05) is 0 Å². The summed E-state index contributed by atoms with van der Waals surface area (Å²) in [6, 6.07) is 0. The second-order valence-corrected chi connectivity index (χ2v) is 3.48. The minimum absolute atomic E-state index is 0.0350. The Morgan fingerprint density at radius 2 is 2.00 bits per heavy atom. The van der Waals surface area contributed by atoms with Gasteiger partial charge in [-0.2, -0.15) is 0 Å². The van der Waals surface area contributed by atoms with Crippen molar-refractivity contribution in [1.29, 1.82) is 0 Å². The van der Waals surface area contributed by atoms with Gasteiger partial charge in [-0.1, -0.05) is 5.11 Å². The van der Waals surface area contributed by atoms with Crippen molar-refractivity contribution in [2.24, 2.45) is 10.8 Å². The summed E-state index contributed by atoms with van der Waals surface area (Å²) in [7, 11) is 0. The Morgan fingerprint density at radius 3 is 2.65 bits per heavy atom. The van der Waals surface area contributed by atoms with E-state index in [9.17, 15) is 9.59 Å². The number of rotatable bonds is 10. The van der Waals surface area contributed by atoms with Gasteiger partial charge in [0, 0.05) is 17.9 Å². The average molecular weight is 242 g/mol. The number of hydrogen-bond donors (Lipinski definition) is 1. The molecule has 0 heterocycles. The van der Waals surface area contributed by atoms with Crippen LogP contribution in [0.3, 0.4) is 0 Å². The molecule has 0 fully saturated rings. The second-order valence-electron chi connectivity index (χ2n) is 3.48. The molecule has 0 aromatic carbocycles. The van der Waals surface area contributed by atoms with Gasteiger partial charge < -0.3 is 10.5 Å². The summed E-state index contributed by atoms with van der Waals surface area (Å²) in [4.78, 5) is 24.6. The Labute approximate surface area is 99.9 Å². The van der Waals surface area contributed by atoms with Gasteiger partial charge in [0.2, 0.25) is 0 Å². The summed E-state index contributed by atoms with van der Waals surface area (Å²) in [5, 5.41) is 3.39. The van der Waals surface area contributed by atoms with Crippen molar-refractivity contribution < 1.29 is 14.3 Å². The molecule has 0 saturated carbocycles. The number of carbonyl (C=O) groups is 2. The molecule has 0 aliphatic rings. The van der Waals surface area contributed by atoms with E-state index in [0.29, 0.717) is 13.2 Å². The van der Waals surface area contributed by atoms with Crippen molar-refractivity contribution >= 4 is 11.8 Å². The first-order valence-electron chi connectivity index (χ1n) is 5.59. The van der Waals surface area contributed by atoms with E-state index in [-0.39, 0.29) is 31.1 Å². The highest BCUT2D eigenvalue weighted by Gasteiger charge is 2.06. The Bertz CT molecular complexity index is 287. The van der Waals surface area contributed by atoms with Crippen LogP contribution in [0.4, 0.5) is 0 Å². The number of nitrogens with zero attached hydrogens (tertiary/aromatic N) is 3. The summed E-state index contributed by atoms with van der Waals surface area (Å²) in [6.07, 6.45) is 2.60. The first-order valence-corrected chi connectivity index (χ1v) is 5.59. The van der Waals surface area contributed by atoms with Gasteiger partial charge in [0.25, 0.3) is 0 Å². The number of carbonyl (C=O) groups excluding carboxylic acids is 2. The maximum Gasteiger partial charge on any atom is 0.306 e. The summed E-state index contributed by atoms with van der Waals surface area (Å²) in [6.45, 7) is 0.772. The lowest BCUT2D eigenvalue weighted by Crippen LogP contribution is -2.15. The van der Waals surface area contributed by atoms with Crippen LogP contribution in [0.25, 0.3) is 10.4 Å². The molecule has 0 aromatic rings. The van der Waals surface area contributed by atoms with Gasteiger partial charge in [0.05, 0.1) is 19.6 Å². The van der Waals surface area contributed by atoms with Crippen LogP contribution in [0, 0.1) is 0 Å². The van der Waals surface area contributed by atoms with Crippen molar-refractivity contribution in [3.63, 3.8) is 0 Å². The van der Waals surface area contributed by atoms with Crippen molar-refractivity contribution in [3.05, 3.63) is 10.4 Å². The summed E-state index contributed by atoms with van der Waals surface area (Å²) >= 11 is 0. The molecule has 0 rings (SSSR count). The van der Waals surface area contributed by atoms with Crippen molar-refractivity contribution in [3.8, 4) is 0 Å². The molecular weight excluding hydrogens is 224 g/mol. The highest BCUT2D eigenvalue weighted by atomic mass is 16.5. The SMILES string of the molecule is [N-]=[N+]=NCCCCCOC(=O)CCC(=O)CN. The van der Waals surface area contributed by atoms with Crippen molar-refractivity contribution in [2.75, 3.05) is 19.7 Å². The van der Waals surface area contributed by atoms with Crippen molar-refractivity contribution in [2.45, 2.75) is 32.1 Å². The number of esters is 1. The fourth-order valence-electron chi connectivity index (χ4n) is 1.11. The molecule has 7 heteroatoms. The number of hydrogen-bond acceptors (Lipinski definition) is 5. The van der Waals surface area contributed by atoms with Gasteiger partial charge in [0.15, 0.2) is 0 Å². The van der Waals surface area contributed by atoms with Gasteiger partial charge in [-0.05, 0) is 24.8 Å². The number of ketones is 1. The lowest BCUT2D eigenvalue weighted by Gasteiger charge is -2.03. The number of Topliss-reactive ketones (excluding diaryl/α,β-unsaturated/α-hetero) is 1. The molecule has 0 bridgehead atoms. The quantitative estimate of drug-likeness (QED) is 0.204. The van der Waals surface area contributed by atoms with Gasteiger partial charge >= 0.3 is 5.97 Å². The van der Waals surface area contributed by atoms with E-state index in [1.165, 1.54) is 0 Å². The molecule has 96 valence electrons. The van der Waals surface area contributed by atoms with E-state index in [2.05, 4.69) is 10.0 Å². The smallest absolute Gasteiger partial charge is 0.306 e. The normalized spacial score (nSPS) is 9.47. The molecule has 17 heavy (non-hydrogen) atoms. The maximum atomic E-state index is 11.1. The monoisotopic (exact) mass is 242 g/mol. The summed E-state index contributed by atoms with van der Waals surface area (Å²) < 4.78 is 4.91. The molecule has 0 aliphatic heterocycles. The third-order valence-corrected chi connectivity index (χ3v) is 2.06. The highest BCUT2D eigenvalue weighted by Crippen LogP contribution is 1.99. The molecular formula is C10H18N4O3. The van der Waals surface area contributed by atoms with Crippen molar-refractivity contribution in [1.82, 2.24) is 0 Å². The molecule has 0 aromatic heterocycles. The molecule has 0 saturated heterocycles. The average Bonchev–Trinajstić information content (AvgIpc) is 2.34. The van der Waals surface area contributed by atoms with Gasteiger partial charge in [0.1, 0.15) is 5.78 Å². The fraction of sp³-hybridized carbons (Fsp3) is 0.800. The topological polar surface area (TPSA) is 118 Å². The zero-order chi connectivity index (χ0) is 12.9. The summed E-state index contributed by atoms with van der Waals surface area (Å²) in [5.41, 5.74) is 13.1. The number of azide groups is 1. The zero-order valence-corrected chi connectivity index (χ0v) is 9.80. The van der Waals surface area contributed by atoms with Gasteiger partial charge in [-0.3, -0.25) is 9.59 Å². The Hall–Kier alpha value is -1.59. The van der Waals surface area contributed by atoms with Crippen LogP contribution in [0.2, 0.25) is 0 Å². The summed E-state index contributed by atoms with van der Waals surface area (Å²) in [5.74, 6) is -0.516. The Balaban J connectivity index is 3.33. The van der Waals surface area contributed by atoms with E-state index in [1.54, 1.807) is 0 Å². The van der Waals surface area contributed by atoms with E-state index in [4.69, 9.17) is 16.0 Å². The maximum absolute atomic E-state index is 11.1. The highest BCUT2D eigenvalue weighted by molar-refractivity contribution is 5.84. The largest absolute Gasteiger partial charge is 0.466 e. The molecule has 7 nitrogen and oxygen atoms in total. The van der Waals surface area contributed by atoms with Gasteiger partial charge in [-0.25, -0.2) is 0 Å². The third-order valence-electron chi connectivity index (χ3n) is 2.06. The Morgan fingerprint density at radius 1 is 1.24 bits per heavy atom. The molecule has 0 atom stereocenters. The minimum Gasteiger partial charge on any atom is -0.466 e. The van der Waals surface area contributed by atoms with E-state index < -0.39 is 0 Å². The first-order chi connectivity index (χ1) is 8.20. The number of unbranched alkanes of at least 4 members (excludes halogenated alkanes) is 2. The lowest BCUT2D eigenvalue weighted by atomic mass is 10.2. The lowest BCUT2D eigenvalue weighted by molar-refractivity contribution is -0.144. The molecule has 0 aliphatic carbocycles. The van der Waals surface area contributed by atoms with Gasteiger partial charge in [-0.15, -0.1) is 0 Å². The molecule has 0 radical (unpaired) electrons. The van der Waals surface area contributed by atoms with Crippen LogP contribution in [-0.4, -0.2) is 31.4 Å². The zero-order valence-electron chi connectivity index (χ0n) is 9.80. The van der Waals surface area contributed by atoms with Crippen LogP contribution in [-0.2, 0) is 14.3 Å². The predicted octanol–water partition coefficient (Wildman–Crippen LogP) is 1.32.